The van der Waals surface area contributed by atoms with E-state index in [9.17, 15) is 0 Å². The summed E-state index contributed by atoms with van der Waals surface area (Å²) in [7, 11) is 5.44. The molecule has 0 saturated heterocycles. The quantitative estimate of drug-likeness (QED) is 0.348. The van der Waals surface area contributed by atoms with E-state index in [4.69, 9.17) is 5.26 Å². The van der Waals surface area contributed by atoms with Gasteiger partial charge in [-0.3, -0.25) is 4.90 Å². The number of nitrogens with zero attached hydrogens (tertiary/aromatic N) is 4. The van der Waals surface area contributed by atoms with Crippen LogP contribution in [0, 0.1) is 11.5 Å². The first kappa shape index (κ1) is 14.0. The fourth-order valence-corrected chi connectivity index (χ4v) is 1.57. The van der Waals surface area contributed by atoms with Gasteiger partial charge in [-0.05, 0) is 23.6 Å². The van der Waals surface area contributed by atoms with E-state index in [1.54, 1.807) is 7.05 Å². The number of hydrogen-bond acceptors (Lipinski definition) is 2. The Labute approximate surface area is 109 Å². The molecule has 0 aliphatic carbocycles. The first-order valence-corrected chi connectivity index (χ1v) is 5.95. The molecule has 0 spiro atoms. The molecule has 4 nitrogen and oxygen atoms in total. The molecule has 18 heavy (non-hydrogen) atoms. The van der Waals surface area contributed by atoms with Crippen LogP contribution in [0.3, 0.4) is 0 Å². The van der Waals surface area contributed by atoms with Gasteiger partial charge in [-0.15, -0.1) is 0 Å². The van der Waals surface area contributed by atoms with Crippen LogP contribution in [0.25, 0.3) is 0 Å². The second-order valence-electron chi connectivity index (χ2n) is 4.71. The van der Waals surface area contributed by atoms with Crippen molar-refractivity contribution in [2.75, 3.05) is 21.1 Å². The monoisotopic (exact) mass is 244 g/mol. The molecule has 0 unspecified atom stereocenters. The molecule has 0 fully saturated rings. The summed E-state index contributed by atoms with van der Waals surface area (Å²) in [6.07, 6.45) is 2.06. The Hall–Kier alpha value is -2.02. The molecule has 0 aliphatic rings. The van der Waals surface area contributed by atoms with E-state index in [-0.39, 0.29) is 0 Å². The number of hydrogen-bond donors (Lipinski definition) is 0. The average Bonchev–Trinajstić information content (AvgIpc) is 2.35. The van der Waals surface area contributed by atoms with Crippen LogP contribution in [-0.2, 0) is 0 Å². The molecular weight excluding hydrogens is 224 g/mol. The second-order valence-corrected chi connectivity index (χ2v) is 4.71. The first-order chi connectivity index (χ1) is 8.45. The molecule has 96 valence electrons. The lowest BCUT2D eigenvalue weighted by Gasteiger charge is -2.20. The molecule has 0 N–H and O–H groups in total. The third-order valence-electron chi connectivity index (χ3n) is 2.64. The predicted octanol–water partition coefficient (Wildman–Crippen LogP) is 2.77. The summed E-state index contributed by atoms with van der Waals surface area (Å²) in [4.78, 5) is 7.74. The van der Waals surface area contributed by atoms with Crippen molar-refractivity contribution in [3.8, 4) is 6.19 Å². The highest BCUT2D eigenvalue weighted by atomic mass is 15.3. The van der Waals surface area contributed by atoms with Gasteiger partial charge in [0.1, 0.15) is 0 Å². The van der Waals surface area contributed by atoms with Gasteiger partial charge in [-0.25, -0.2) is 4.99 Å². The summed E-state index contributed by atoms with van der Waals surface area (Å²) in [6.45, 7) is 4.32. The van der Waals surface area contributed by atoms with Crippen molar-refractivity contribution in [1.82, 2.24) is 9.80 Å². The smallest absolute Gasteiger partial charge is 0.214 e. The van der Waals surface area contributed by atoms with Crippen molar-refractivity contribution in [3.05, 3.63) is 29.8 Å². The maximum Gasteiger partial charge on any atom is 0.214 e. The zero-order valence-corrected chi connectivity index (χ0v) is 11.7. The van der Waals surface area contributed by atoms with E-state index in [1.165, 1.54) is 10.5 Å². The minimum atomic E-state index is 0.512. The molecule has 0 radical (unpaired) electrons. The summed E-state index contributed by atoms with van der Waals surface area (Å²) >= 11 is 0. The van der Waals surface area contributed by atoms with Gasteiger partial charge in [-0.1, -0.05) is 26.0 Å². The Balaban J connectivity index is 3.02. The van der Waals surface area contributed by atoms with Gasteiger partial charge in [0, 0.05) is 21.1 Å². The zero-order valence-electron chi connectivity index (χ0n) is 11.7. The van der Waals surface area contributed by atoms with Crippen LogP contribution in [0.4, 0.5) is 5.69 Å². The van der Waals surface area contributed by atoms with E-state index < -0.39 is 0 Å². The molecule has 0 aliphatic heterocycles. The van der Waals surface area contributed by atoms with Crippen molar-refractivity contribution in [3.63, 3.8) is 0 Å². The molecule has 0 atom stereocenters. The lowest BCUT2D eigenvalue weighted by Crippen LogP contribution is -2.34. The van der Waals surface area contributed by atoms with E-state index in [1.807, 2.05) is 31.1 Å². The number of aliphatic imine (C=N–C) groups is 1. The lowest BCUT2D eigenvalue weighted by molar-refractivity contribution is 0.520. The Morgan fingerprint density at radius 3 is 2.11 bits per heavy atom. The molecule has 0 aromatic heterocycles. The first-order valence-electron chi connectivity index (χ1n) is 5.95. The lowest BCUT2D eigenvalue weighted by atomic mass is 10.0. The van der Waals surface area contributed by atoms with Crippen molar-refractivity contribution in [1.29, 1.82) is 5.26 Å². The Morgan fingerprint density at radius 1 is 1.17 bits per heavy atom. The van der Waals surface area contributed by atoms with Gasteiger partial charge >= 0.3 is 0 Å². The van der Waals surface area contributed by atoms with E-state index >= 15 is 0 Å². The summed E-state index contributed by atoms with van der Waals surface area (Å²) in [5, 5.41) is 8.92. The predicted molar refractivity (Wildman–Crippen MR) is 74.7 cm³/mol. The number of rotatable bonds is 2. The molecule has 0 amide bonds. The fraction of sp³-hybridized carbons (Fsp3) is 0.429. The van der Waals surface area contributed by atoms with Crippen LogP contribution in [0.2, 0.25) is 0 Å². The highest BCUT2D eigenvalue weighted by Gasteiger charge is 2.08. The average molecular weight is 244 g/mol. The molecule has 1 aromatic rings. The summed E-state index contributed by atoms with van der Waals surface area (Å²) in [5.41, 5.74) is 2.14. The summed E-state index contributed by atoms with van der Waals surface area (Å²) in [6, 6.07) is 8.10. The van der Waals surface area contributed by atoms with Gasteiger partial charge in [0.05, 0.1) is 5.69 Å². The summed E-state index contributed by atoms with van der Waals surface area (Å²) < 4.78 is 0. The van der Waals surface area contributed by atoms with E-state index in [2.05, 4.69) is 37.2 Å². The largest absolute Gasteiger partial charge is 0.348 e. The van der Waals surface area contributed by atoms with E-state index in [0.29, 0.717) is 11.9 Å². The number of benzene rings is 1. The molecule has 1 rings (SSSR count). The third-order valence-corrected chi connectivity index (χ3v) is 2.64. The minimum absolute atomic E-state index is 0.512. The standard InChI is InChI=1S/C14H20N4/c1-11(2)12-6-8-13(9-7-12)16-14(17(3)4)18(5)10-15/h6-9,11H,1-5H3. The van der Waals surface area contributed by atoms with Gasteiger partial charge < -0.3 is 4.90 Å². The molecular formula is C14H20N4. The van der Waals surface area contributed by atoms with Gasteiger partial charge in [0.25, 0.3) is 0 Å². The van der Waals surface area contributed by atoms with Gasteiger partial charge in [0.2, 0.25) is 5.96 Å². The third kappa shape index (κ3) is 3.49. The van der Waals surface area contributed by atoms with Crippen molar-refractivity contribution in [2.24, 2.45) is 4.99 Å². The summed E-state index contributed by atoms with van der Waals surface area (Å²) in [5.74, 6) is 1.13. The number of nitriles is 1. The van der Waals surface area contributed by atoms with Crippen molar-refractivity contribution in [2.45, 2.75) is 19.8 Å². The minimum Gasteiger partial charge on any atom is -0.348 e. The van der Waals surface area contributed by atoms with E-state index in [0.717, 1.165) is 5.69 Å². The van der Waals surface area contributed by atoms with Crippen molar-refractivity contribution >= 4 is 11.6 Å². The topological polar surface area (TPSA) is 42.6 Å². The van der Waals surface area contributed by atoms with Gasteiger partial charge in [-0.2, -0.15) is 5.26 Å². The SMILES string of the molecule is CC(C)c1ccc(N=C(N(C)C)N(C)C#N)cc1. The molecule has 0 heterocycles. The normalized spacial score (nSPS) is 11.3. The molecule has 0 saturated carbocycles. The zero-order chi connectivity index (χ0) is 13.7. The van der Waals surface area contributed by atoms with Crippen LogP contribution >= 0.6 is 0 Å². The van der Waals surface area contributed by atoms with Gasteiger partial charge in [0.15, 0.2) is 6.19 Å². The van der Waals surface area contributed by atoms with Crippen LogP contribution in [0.1, 0.15) is 25.3 Å². The maximum atomic E-state index is 8.92. The van der Waals surface area contributed by atoms with Crippen molar-refractivity contribution < 1.29 is 0 Å². The highest BCUT2D eigenvalue weighted by molar-refractivity contribution is 5.83. The molecule has 0 bridgehead atoms. The van der Waals surface area contributed by atoms with Crippen LogP contribution in [0.5, 0.6) is 0 Å². The Bertz CT molecular complexity index is 452. The van der Waals surface area contributed by atoms with Crippen LogP contribution in [-0.4, -0.2) is 36.9 Å². The Kier molecular flexibility index (Phi) is 4.73. The number of guanidine groups is 1. The maximum absolute atomic E-state index is 8.92. The van der Waals surface area contributed by atoms with Crippen LogP contribution in [0.15, 0.2) is 29.3 Å². The highest BCUT2D eigenvalue weighted by Crippen LogP contribution is 2.19. The van der Waals surface area contributed by atoms with Crippen LogP contribution < -0.4 is 0 Å². The Morgan fingerprint density at radius 2 is 1.72 bits per heavy atom. The fourth-order valence-electron chi connectivity index (χ4n) is 1.57. The molecule has 4 heteroatoms. The second kappa shape index (κ2) is 6.06. The molecule has 1 aromatic carbocycles.